The Morgan fingerprint density at radius 3 is 2.48 bits per heavy atom. The summed E-state index contributed by atoms with van der Waals surface area (Å²) in [6.45, 7) is 13.5. The first-order chi connectivity index (χ1) is 9.76. The van der Waals surface area contributed by atoms with E-state index in [1.54, 1.807) is 6.92 Å². The van der Waals surface area contributed by atoms with Gasteiger partial charge in [-0.3, -0.25) is 0 Å². The molecule has 0 heterocycles. The van der Waals surface area contributed by atoms with Gasteiger partial charge in [-0.2, -0.15) is 0 Å². The van der Waals surface area contributed by atoms with Crippen LogP contribution in [0.1, 0.15) is 80.1 Å². The van der Waals surface area contributed by atoms with Gasteiger partial charge in [-0.15, -0.1) is 0 Å². The first-order valence-electron chi connectivity index (χ1n) is 8.94. The van der Waals surface area contributed by atoms with Gasteiger partial charge in [0, 0.05) is 6.42 Å². The van der Waals surface area contributed by atoms with Crippen molar-refractivity contribution in [3.63, 3.8) is 0 Å². The van der Waals surface area contributed by atoms with Gasteiger partial charge in [-0.1, -0.05) is 53.2 Å². The number of carbonyl (C=O) groups is 1. The number of hydrogen-bond acceptors (Lipinski definition) is 1. The normalized spacial score (nSPS) is 29.2. The van der Waals surface area contributed by atoms with E-state index in [0.29, 0.717) is 23.0 Å². The topological polar surface area (TPSA) is 17.1 Å². The summed E-state index contributed by atoms with van der Waals surface area (Å²) in [6, 6.07) is 0. The molecule has 0 aromatic heterocycles. The predicted octanol–water partition coefficient (Wildman–Crippen LogP) is 6.04. The van der Waals surface area contributed by atoms with Crippen molar-refractivity contribution in [3.8, 4) is 0 Å². The summed E-state index contributed by atoms with van der Waals surface area (Å²) in [7, 11) is 0. The van der Waals surface area contributed by atoms with Crippen LogP contribution in [0.4, 0.5) is 0 Å². The van der Waals surface area contributed by atoms with Crippen molar-refractivity contribution in [3.05, 3.63) is 12.2 Å². The minimum Gasteiger partial charge on any atom is -0.300 e. The second-order valence-corrected chi connectivity index (χ2v) is 8.06. The lowest BCUT2D eigenvalue weighted by Gasteiger charge is -2.35. The van der Waals surface area contributed by atoms with Crippen molar-refractivity contribution in [2.45, 2.75) is 80.1 Å². The maximum absolute atomic E-state index is 11.2. The third-order valence-electron chi connectivity index (χ3n) is 5.84. The number of hydrogen-bond donors (Lipinski definition) is 0. The van der Waals surface area contributed by atoms with E-state index in [1.807, 2.05) is 0 Å². The Kier molecular flexibility index (Phi) is 7.16. The molecule has 0 spiro atoms. The minimum absolute atomic E-state index is 0.340. The van der Waals surface area contributed by atoms with Crippen molar-refractivity contribution in [2.24, 2.45) is 29.1 Å². The molecule has 4 unspecified atom stereocenters. The van der Waals surface area contributed by atoms with Crippen LogP contribution in [-0.4, -0.2) is 5.78 Å². The summed E-state index contributed by atoms with van der Waals surface area (Å²) in [5.41, 5.74) is 0.445. The predicted molar refractivity (Wildman–Crippen MR) is 92.3 cm³/mol. The van der Waals surface area contributed by atoms with Gasteiger partial charge in [0.15, 0.2) is 0 Å². The lowest BCUT2D eigenvalue weighted by atomic mass is 9.70. The number of Topliss-reactive ketones (excluding diaryl/α,β-unsaturated/α-hetero) is 1. The average Bonchev–Trinajstić information content (AvgIpc) is 2.77. The molecule has 0 saturated heterocycles. The molecule has 1 nitrogen and oxygen atoms in total. The maximum Gasteiger partial charge on any atom is 0.129 e. The molecule has 0 aliphatic heterocycles. The number of ketones is 1. The zero-order valence-corrected chi connectivity index (χ0v) is 15.1. The minimum atomic E-state index is 0.340. The molecule has 0 aromatic carbocycles. The van der Waals surface area contributed by atoms with Crippen molar-refractivity contribution >= 4 is 5.78 Å². The van der Waals surface area contributed by atoms with Crippen LogP contribution in [0.25, 0.3) is 0 Å². The lowest BCUT2D eigenvalue weighted by Crippen LogP contribution is -2.26. The Bertz CT molecular complexity index is 355. The Hall–Kier alpha value is -0.590. The molecular weight excluding hydrogens is 256 g/mol. The third-order valence-corrected chi connectivity index (χ3v) is 5.84. The summed E-state index contributed by atoms with van der Waals surface area (Å²) in [6.07, 6.45) is 12.0. The van der Waals surface area contributed by atoms with E-state index in [0.717, 1.165) is 24.7 Å². The fourth-order valence-corrected chi connectivity index (χ4v) is 3.92. The number of carbonyl (C=O) groups excluding carboxylic acids is 1. The van der Waals surface area contributed by atoms with Crippen LogP contribution in [0.15, 0.2) is 12.2 Å². The Labute approximate surface area is 132 Å². The zero-order valence-electron chi connectivity index (χ0n) is 15.1. The lowest BCUT2D eigenvalue weighted by molar-refractivity contribution is -0.117. The summed E-state index contributed by atoms with van der Waals surface area (Å²) in [4.78, 5) is 11.2. The fourth-order valence-electron chi connectivity index (χ4n) is 3.92. The van der Waals surface area contributed by atoms with Gasteiger partial charge in [-0.05, 0) is 61.7 Å². The van der Waals surface area contributed by atoms with Crippen LogP contribution in [-0.2, 0) is 4.79 Å². The van der Waals surface area contributed by atoms with Gasteiger partial charge >= 0.3 is 0 Å². The molecule has 1 rings (SSSR count). The highest BCUT2D eigenvalue weighted by Gasteiger charge is 2.40. The molecular formula is C20H36O. The summed E-state index contributed by atoms with van der Waals surface area (Å²) < 4.78 is 0. The van der Waals surface area contributed by atoms with E-state index in [-0.39, 0.29) is 0 Å². The van der Waals surface area contributed by atoms with Crippen LogP contribution < -0.4 is 0 Å². The SMILES string of the molecule is CC(=O)CCCC1(C)CCCC1C(C)C=CC(C)C(C)C. The van der Waals surface area contributed by atoms with Crippen LogP contribution in [0.3, 0.4) is 0 Å². The van der Waals surface area contributed by atoms with Gasteiger partial charge in [0.25, 0.3) is 0 Å². The molecule has 0 N–H and O–H groups in total. The largest absolute Gasteiger partial charge is 0.300 e. The number of allylic oxidation sites excluding steroid dienone is 2. The Morgan fingerprint density at radius 2 is 1.90 bits per heavy atom. The first-order valence-corrected chi connectivity index (χ1v) is 8.94. The summed E-state index contributed by atoms with van der Waals surface area (Å²) in [5, 5.41) is 0. The third kappa shape index (κ3) is 5.60. The molecule has 1 aliphatic rings. The van der Waals surface area contributed by atoms with E-state index >= 15 is 0 Å². The highest BCUT2D eigenvalue weighted by molar-refractivity contribution is 5.75. The smallest absolute Gasteiger partial charge is 0.129 e. The standard InChI is InChI=1S/C20H36O/c1-15(2)16(3)11-12-17(4)19-10-8-14-20(19,6)13-7-9-18(5)21/h11-12,15-17,19H,7-10,13-14H2,1-6H3. The van der Waals surface area contributed by atoms with Crippen molar-refractivity contribution in [2.75, 3.05) is 0 Å². The van der Waals surface area contributed by atoms with Gasteiger partial charge in [0.1, 0.15) is 5.78 Å². The van der Waals surface area contributed by atoms with Gasteiger partial charge in [0.2, 0.25) is 0 Å². The van der Waals surface area contributed by atoms with Crippen LogP contribution in [0.5, 0.6) is 0 Å². The maximum atomic E-state index is 11.2. The van der Waals surface area contributed by atoms with Gasteiger partial charge in [-0.25, -0.2) is 0 Å². The molecule has 0 bridgehead atoms. The molecule has 0 aromatic rings. The molecule has 1 saturated carbocycles. The van der Waals surface area contributed by atoms with E-state index in [2.05, 4.69) is 46.8 Å². The van der Waals surface area contributed by atoms with Crippen LogP contribution in [0.2, 0.25) is 0 Å². The Morgan fingerprint density at radius 1 is 1.24 bits per heavy atom. The van der Waals surface area contributed by atoms with E-state index in [4.69, 9.17) is 0 Å². The molecule has 1 fully saturated rings. The molecule has 0 amide bonds. The highest BCUT2D eigenvalue weighted by Crippen LogP contribution is 2.50. The van der Waals surface area contributed by atoms with Gasteiger partial charge in [0.05, 0.1) is 0 Å². The average molecular weight is 293 g/mol. The number of rotatable bonds is 8. The van der Waals surface area contributed by atoms with Crippen LogP contribution >= 0.6 is 0 Å². The zero-order chi connectivity index (χ0) is 16.0. The molecule has 0 radical (unpaired) electrons. The monoisotopic (exact) mass is 292 g/mol. The van der Waals surface area contributed by atoms with E-state index < -0.39 is 0 Å². The second kappa shape index (κ2) is 8.15. The molecule has 122 valence electrons. The second-order valence-electron chi connectivity index (χ2n) is 8.06. The molecule has 21 heavy (non-hydrogen) atoms. The Balaban J connectivity index is 2.60. The van der Waals surface area contributed by atoms with Crippen molar-refractivity contribution < 1.29 is 4.79 Å². The van der Waals surface area contributed by atoms with Crippen molar-refractivity contribution in [1.82, 2.24) is 0 Å². The van der Waals surface area contributed by atoms with Crippen LogP contribution in [0, 0.1) is 29.1 Å². The molecule has 1 heteroatoms. The first kappa shape index (κ1) is 18.5. The summed E-state index contributed by atoms with van der Waals surface area (Å²) in [5.74, 6) is 3.18. The quantitative estimate of drug-likeness (QED) is 0.499. The molecule has 4 atom stereocenters. The fraction of sp³-hybridized carbons (Fsp3) is 0.850. The highest BCUT2D eigenvalue weighted by atomic mass is 16.1. The van der Waals surface area contributed by atoms with Gasteiger partial charge < -0.3 is 4.79 Å². The van der Waals surface area contributed by atoms with E-state index in [1.165, 1.54) is 25.7 Å². The molecule has 1 aliphatic carbocycles. The van der Waals surface area contributed by atoms with Crippen molar-refractivity contribution in [1.29, 1.82) is 0 Å². The van der Waals surface area contributed by atoms with E-state index in [9.17, 15) is 4.79 Å². The summed E-state index contributed by atoms with van der Waals surface area (Å²) >= 11 is 0.